The van der Waals surface area contributed by atoms with Crippen molar-refractivity contribution in [3.8, 4) is 11.5 Å². The van der Waals surface area contributed by atoms with Gasteiger partial charge in [0.25, 0.3) is 0 Å². The largest absolute Gasteiger partial charge is 0.454 e. The van der Waals surface area contributed by atoms with Crippen molar-refractivity contribution in [2.45, 2.75) is 19.6 Å². The van der Waals surface area contributed by atoms with Gasteiger partial charge in [-0.1, -0.05) is 22.0 Å². The van der Waals surface area contributed by atoms with Crippen molar-refractivity contribution < 1.29 is 14.2 Å². The van der Waals surface area contributed by atoms with Crippen LogP contribution < -0.4 is 14.4 Å². The van der Waals surface area contributed by atoms with Crippen LogP contribution in [0.3, 0.4) is 0 Å². The van der Waals surface area contributed by atoms with Crippen LogP contribution >= 0.6 is 15.9 Å². The van der Waals surface area contributed by atoms with Gasteiger partial charge in [-0.15, -0.1) is 0 Å². The van der Waals surface area contributed by atoms with Crippen molar-refractivity contribution in [1.29, 1.82) is 0 Å². The van der Waals surface area contributed by atoms with Gasteiger partial charge in [0.1, 0.15) is 0 Å². The summed E-state index contributed by atoms with van der Waals surface area (Å²) in [6.07, 6.45) is 0.122. The van der Waals surface area contributed by atoms with Crippen LogP contribution in [0.15, 0.2) is 40.9 Å². The third kappa shape index (κ3) is 2.91. The summed E-state index contributed by atoms with van der Waals surface area (Å²) < 4.78 is 18.0. The summed E-state index contributed by atoms with van der Waals surface area (Å²) in [5, 5.41) is 0. The summed E-state index contributed by atoms with van der Waals surface area (Å²) in [4.78, 5) is 2.32. The summed E-state index contributed by atoms with van der Waals surface area (Å²) in [5.74, 6) is 1.63. The Labute approximate surface area is 144 Å². The SMILES string of the molecule is CC1OCCN(c2ccc3c(c2)OCO3)Cc2cc(Br)ccc21. The molecule has 0 radical (unpaired) electrons. The van der Waals surface area contributed by atoms with Gasteiger partial charge in [0, 0.05) is 29.3 Å². The first-order valence-electron chi connectivity index (χ1n) is 7.75. The predicted octanol–water partition coefficient (Wildman–Crippen LogP) is 4.28. The quantitative estimate of drug-likeness (QED) is 0.744. The molecule has 23 heavy (non-hydrogen) atoms. The normalized spacial score (nSPS) is 19.9. The molecule has 2 aromatic rings. The number of hydrogen-bond donors (Lipinski definition) is 0. The molecule has 2 aromatic carbocycles. The summed E-state index contributed by atoms with van der Waals surface area (Å²) in [5.41, 5.74) is 3.65. The number of anilines is 1. The third-order valence-corrected chi connectivity index (χ3v) is 4.85. The molecule has 0 saturated carbocycles. The monoisotopic (exact) mass is 375 g/mol. The van der Waals surface area contributed by atoms with Gasteiger partial charge >= 0.3 is 0 Å². The van der Waals surface area contributed by atoms with Gasteiger partial charge in [-0.25, -0.2) is 0 Å². The van der Waals surface area contributed by atoms with E-state index in [-0.39, 0.29) is 6.10 Å². The zero-order chi connectivity index (χ0) is 15.8. The van der Waals surface area contributed by atoms with Crippen LogP contribution in [0, 0.1) is 0 Å². The highest BCUT2D eigenvalue weighted by Crippen LogP contribution is 2.37. The van der Waals surface area contributed by atoms with Gasteiger partial charge in [0.2, 0.25) is 6.79 Å². The first kappa shape index (κ1) is 14.8. The number of hydrogen-bond acceptors (Lipinski definition) is 4. The lowest BCUT2D eigenvalue weighted by Gasteiger charge is -2.31. The van der Waals surface area contributed by atoms with Crippen molar-refractivity contribution in [1.82, 2.24) is 0 Å². The summed E-state index contributed by atoms with van der Waals surface area (Å²) in [6, 6.07) is 12.5. The Morgan fingerprint density at radius 3 is 2.87 bits per heavy atom. The topological polar surface area (TPSA) is 30.9 Å². The third-order valence-electron chi connectivity index (χ3n) is 4.35. The highest BCUT2D eigenvalue weighted by molar-refractivity contribution is 9.10. The van der Waals surface area contributed by atoms with Crippen molar-refractivity contribution in [2.24, 2.45) is 0 Å². The zero-order valence-corrected chi connectivity index (χ0v) is 14.5. The van der Waals surface area contributed by atoms with Gasteiger partial charge in [-0.3, -0.25) is 0 Å². The van der Waals surface area contributed by atoms with E-state index in [1.54, 1.807) is 0 Å². The molecule has 2 heterocycles. The van der Waals surface area contributed by atoms with E-state index in [2.05, 4.69) is 52.0 Å². The minimum absolute atomic E-state index is 0.122. The molecule has 0 spiro atoms. The Kier molecular flexibility index (Phi) is 3.91. The second kappa shape index (κ2) is 6.06. The average Bonchev–Trinajstić information content (AvgIpc) is 2.99. The molecule has 0 N–H and O–H groups in total. The van der Waals surface area contributed by atoms with Gasteiger partial charge in [0.15, 0.2) is 11.5 Å². The maximum absolute atomic E-state index is 5.98. The van der Waals surface area contributed by atoms with E-state index >= 15 is 0 Å². The van der Waals surface area contributed by atoms with E-state index in [1.165, 1.54) is 11.1 Å². The van der Waals surface area contributed by atoms with Crippen LogP contribution in [0.1, 0.15) is 24.2 Å². The molecular weight excluding hydrogens is 358 g/mol. The Hall–Kier alpha value is -1.72. The Balaban J connectivity index is 1.68. The molecule has 0 saturated heterocycles. The van der Waals surface area contributed by atoms with Crippen LogP contribution in [0.25, 0.3) is 0 Å². The standard InChI is InChI=1S/C18H18BrNO3/c1-12-16-4-2-14(19)8-13(16)10-20(6-7-21-12)15-3-5-17-18(9-15)23-11-22-17/h2-5,8-9,12H,6-7,10-11H2,1H3. The maximum atomic E-state index is 5.98. The maximum Gasteiger partial charge on any atom is 0.231 e. The smallest absolute Gasteiger partial charge is 0.231 e. The molecule has 0 amide bonds. The molecule has 4 nitrogen and oxygen atoms in total. The lowest BCUT2D eigenvalue weighted by atomic mass is 10.0. The molecule has 120 valence electrons. The number of fused-ring (bicyclic) bond motifs is 2. The summed E-state index contributed by atoms with van der Waals surface area (Å²) in [6.45, 7) is 4.81. The first-order chi connectivity index (χ1) is 11.2. The van der Waals surface area contributed by atoms with Gasteiger partial charge < -0.3 is 19.1 Å². The molecule has 2 aliphatic heterocycles. The second-order valence-electron chi connectivity index (χ2n) is 5.82. The average molecular weight is 376 g/mol. The van der Waals surface area contributed by atoms with Crippen molar-refractivity contribution >= 4 is 21.6 Å². The fourth-order valence-corrected chi connectivity index (χ4v) is 3.53. The minimum atomic E-state index is 0.122. The van der Waals surface area contributed by atoms with Gasteiger partial charge in [0.05, 0.1) is 12.7 Å². The number of ether oxygens (including phenoxy) is 3. The van der Waals surface area contributed by atoms with Crippen LogP contribution in [0.4, 0.5) is 5.69 Å². The summed E-state index contributed by atoms with van der Waals surface area (Å²) >= 11 is 3.58. The lowest BCUT2D eigenvalue weighted by molar-refractivity contribution is 0.0672. The molecule has 1 atom stereocenters. The zero-order valence-electron chi connectivity index (χ0n) is 12.9. The molecule has 1 unspecified atom stereocenters. The van der Waals surface area contributed by atoms with Crippen LogP contribution in [-0.2, 0) is 11.3 Å². The minimum Gasteiger partial charge on any atom is -0.454 e. The Morgan fingerprint density at radius 2 is 1.96 bits per heavy atom. The molecule has 0 aliphatic carbocycles. The molecule has 0 aromatic heterocycles. The summed E-state index contributed by atoms with van der Waals surface area (Å²) in [7, 11) is 0. The molecule has 0 bridgehead atoms. The fourth-order valence-electron chi connectivity index (χ4n) is 3.12. The van der Waals surface area contributed by atoms with E-state index in [0.29, 0.717) is 13.4 Å². The highest BCUT2D eigenvalue weighted by atomic mass is 79.9. The molecular formula is C18H18BrNO3. The van der Waals surface area contributed by atoms with E-state index in [9.17, 15) is 0 Å². The Bertz CT molecular complexity index is 734. The molecule has 4 rings (SSSR count). The molecule has 0 fully saturated rings. The molecule has 2 aliphatic rings. The fraction of sp³-hybridized carbons (Fsp3) is 0.333. The number of rotatable bonds is 1. The number of halogens is 1. The van der Waals surface area contributed by atoms with E-state index in [0.717, 1.165) is 34.7 Å². The van der Waals surface area contributed by atoms with E-state index in [4.69, 9.17) is 14.2 Å². The second-order valence-corrected chi connectivity index (χ2v) is 6.73. The van der Waals surface area contributed by atoms with Crippen LogP contribution in [0.2, 0.25) is 0 Å². The van der Waals surface area contributed by atoms with Gasteiger partial charge in [-0.05, 0) is 42.3 Å². The first-order valence-corrected chi connectivity index (χ1v) is 8.54. The van der Waals surface area contributed by atoms with E-state index in [1.807, 2.05) is 12.1 Å². The van der Waals surface area contributed by atoms with Gasteiger partial charge in [-0.2, -0.15) is 0 Å². The van der Waals surface area contributed by atoms with E-state index < -0.39 is 0 Å². The Morgan fingerprint density at radius 1 is 1.09 bits per heavy atom. The van der Waals surface area contributed by atoms with Crippen molar-refractivity contribution in [2.75, 3.05) is 24.8 Å². The molecule has 5 heteroatoms. The van der Waals surface area contributed by atoms with Crippen molar-refractivity contribution in [3.05, 3.63) is 52.0 Å². The van der Waals surface area contributed by atoms with Crippen LogP contribution in [0.5, 0.6) is 11.5 Å². The lowest BCUT2D eigenvalue weighted by Crippen LogP contribution is -2.30. The van der Waals surface area contributed by atoms with Crippen LogP contribution in [-0.4, -0.2) is 19.9 Å². The number of benzene rings is 2. The highest BCUT2D eigenvalue weighted by Gasteiger charge is 2.21. The van der Waals surface area contributed by atoms with Crippen molar-refractivity contribution in [3.63, 3.8) is 0 Å². The number of nitrogens with zero attached hydrogens (tertiary/aromatic N) is 1. The predicted molar refractivity (Wildman–Crippen MR) is 92.1 cm³/mol.